The minimum absolute atomic E-state index is 0.0254. The second kappa shape index (κ2) is 9.90. The normalized spacial score (nSPS) is 12.4. The van der Waals surface area contributed by atoms with Gasteiger partial charge in [0.2, 0.25) is 20.0 Å². The average Bonchev–Trinajstić information content (AvgIpc) is 2.69. The van der Waals surface area contributed by atoms with Gasteiger partial charge < -0.3 is 5.32 Å². The van der Waals surface area contributed by atoms with Gasteiger partial charge >= 0.3 is 0 Å². The number of hydrogen-bond acceptors (Lipinski definition) is 5. The lowest BCUT2D eigenvalue weighted by molar-refractivity contribution is 0.102. The van der Waals surface area contributed by atoms with Crippen LogP contribution in [-0.2, 0) is 20.0 Å². The highest BCUT2D eigenvalue weighted by molar-refractivity contribution is 7.89. The Balaban J connectivity index is 2.35. The maximum atomic E-state index is 12.9. The van der Waals surface area contributed by atoms with Crippen LogP contribution in [0.25, 0.3) is 0 Å². The van der Waals surface area contributed by atoms with Crippen LogP contribution >= 0.6 is 0 Å². The highest BCUT2D eigenvalue weighted by Crippen LogP contribution is 2.24. The SMILES string of the molecule is CCN(CC)S(=O)(=O)c1cc(NC(=O)c2cccc(S(=O)(=O)NC(C)C)c2)ccc1C. The minimum atomic E-state index is -3.75. The van der Waals surface area contributed by atoms with Crippen LogP contribution in [0.5, 0.6) is 0 Å². The lowest BCUT2D eigenvalue weighted by Crippen LogP contribution is -2.31. The second-order valence-corrected chi connectivity index (χ2v) is 10.9. The van der Waals surface area contributed by atoms with Gasteiger partial charge in [0.05, 0.1) is 9.79 Å². The van der Waals surface area contributed by atoms with E-state index in [1.165, 1.54) is 34.6 Å². The van der Waals surface area contributed by atoms with Gasteiger partial charge in [-0.3, -0.25) is 4.79 Å². The smallest absolute Gasteiger partial charge is 0.255 e. The summed E-state index contributed by atoms with van der Waals surface area (Å²) in [6.07, 6.45) is 0. The van der Waals surface area contributed by atoms with Crippen molar-refractivity contribution in [3.63, 3.8) is 0 Å². The lowest BCUT2D eigenvalue weighted by Gasteiger charge is -2.20. The van der Waals surface area contributed by atoms with Crippen molar-refractivity contribution in [2.45, 2.75) is 50.5 Å². The number of nitrogens with one attached hydrogen (secondary N) is 2. The molecule has 8 nitrogen and oxygen atoms in total. The molecule has 31 heavy (non-hydrogen) atoms. The molecule has 2 N–H and O–H groups in total. The summed E-state index contributed by atoms with van der Waals surface area (Å²) in [6, 6.07) is 10.0. The summed E-state index contributed by atoms with van der Waals surface area (Å²) in [5.41, 5.74) is 1.01. The third-order valence-electron chi connectivity index (χ3n) is 4.57. The Morgan fingerprint density at radius 2 is 1.65 bits per heavy atom. The van der Waals surface area contributed by atoms with Gasteiger partial charge in [-0.2, -0.15) is 4.31 Å². The summed E-state index contributed by atoms with van der Waals surface area (Å²) in [5, 5.41) is 2.66. The predicted octanol–water partition coefficient (Wildman–Crippen LogP) is 2.96. The van der Waals surface area contributed by atoms with Gasteiger partial charge in [0.1, 0.15) is 0 Å². The number of nitrogens with zero attached hydrogens (tertiary/aromatic N) is 1. The molecule has 0 aliphatic heterocycles. The van der Waals surface area contributed by atoms with Crippen molar-refractivity contribution in [2.24, 2.45) is 0 Å². The molecule has 0 unspecified atom stereocenters. The monoisotopic (exact) mass is 467 g/mol. The van der Waals surface area contributed by atoms with Crippen LogP contribution in [-0.4, -0.2) is 46.2 Å². The number of sulfonamides is 2. The molecule has 0 spiro atoms. The topological polar surface area (TPSA) is 113 Å². The van der Waals surface area contributed by atoms with E-state index in [1.807, 2.05) is 0 Å². The quantitative estimate of drug-likeness (QED) is 0.589. The highest BCUT2D eigenvalue weighted by Gasteiger charge is 2.24. The van der Waals surface area contributed by atoms with E-state index in [-0.39, 0.29) is 21.4 Å². The van der Waals surface area contributed by atoms with Crippen molar-refractivity contribution >= 4 is 31.6 Å². The fourth-order valence-electron chi connectivity index (χ4n) is 3.04. The Morgan fingerprint density at radius 3 is 2.23 bits per heavy atom. The van der Waals surface area contributed by atoms with E-state index >= 15 is 0 Å². The van der Waals surface area contributed by atoms with E-state index in [1.54, 1.807) is 46.8 Å². The number of anilines is 1. The number of hydrogen-bond donors (Lipinski definition) is 2. The molecule has 2 aromatic rings. The van der Waals surface area contributed by atoms with Gasteiger partial charge in [0.15, 0.2) is 0 Å². The third kappa shape index (κ3) is 5.91. The minimum Gasteiger partial charge on any atom is -0.322 e. The molecular formula is C21H29N3O5S2. The van der Waals surface area contributed by atoms with Crippen LogP contribution in [0.1, 0.15) is 43.6 Å². The number of aryl methyl sites for hydroxylation is 1. The summed E-state index contributed by atoms with van der Waals surface area (Å²) in [6.45, 7) is 9.29. The molecule has 2 rings (SSSR count). The van der Waals surface area contributed by atoms with Gasteiger partial charge in [-0.15, -0.1) is 0 Å². The number of benzene rings is 2. The van der Waals surface area contributed by atoms with Crippen LogP contribution < -0.4 is 10.0 Å². The lowest BCUT2D eigenvalue weighted by atomic mass is 10.2. The fourth-order valence-corrected chi connectivity index (χ4v) is 6.05. The van der Waals surface area contributed by atoms with Crippen molar-refractivity contribution in [1.29, 1.82) is 0 Å². The molecular weight excluding hydrogens is 438 g/mol. The van der Waals surface area contributed by atoms with Gasteiger partial charge in [-0.25, -0.2) is 21.6 Å². The van der Waals surface area contributed by atoms with E-state index in [0.717, 1.165) is 0 Å². The van der Waals surface area contributed by atoms with Crippen LogP contribution in [0.2, 0.25) is 0 Å². The molecule has 0 heterocycles. The number of amides is 1. The molecule has 2 aromatic carbocycles. The van der Waals surface area contributed by atoms with Crippen molar-refractivity contribution in [3.8, 4) is 0 Å². The summed E-state index contributed by atoms with van der Waals surface area (Å²) >= 11 is 0. The largest absolute Gasteiger partial charge is 0.322 e. The van der Waals surface area contributed by atoms with E-state index < -0.39 is 26.0 Å². The summed E-state index contributed by atoms with van der Waals surface area (Å²) < 4.78 is 54.4. The van der Waals surface area contributed by atoms with Gasteiger partial charge in [-0.1, -0.05) is 26.0 Å². The molecule has 0 aliphatic rings. The molecule has 0 aliphatic carbocycles. The van der Waals surface area contributed by atoms with Crippen molar-refractivity contribution in [1.82, 2.24) is 9.03 Å². The zero-order valence-corrected chi connectivity index (χ0v) is 20.0. The van der Waals surface area contributed by atoms with E-state index in [2.05, 4.69) is 10.0 Å². The first-order valence-electron chi connectivity index (χ1n) is 9.97. The number of carbonyl (C=O) groups is 1. The van der Waals surface area contributed by atoms with Crippen LogP contribution in [0.4, 0.5) is 5.69 Å². The molecule has 1 amide bonds. The number of rotatable bonds is 9. The van der Waals surface area contributed by atoms with Crippen molar-refractivity contribution in [2.75, 3.05) is 18.4 Å². The highest BCUT2D eigenvalue weighted by atomic mass is 32.2. The zero-order chi connectivity index (χ0) is 23.4. The molecule has 10 heteroatoms. The van der Waals surface area contributed by atoms with Crippen LogP contribution in [0, 0.1) is 6.92 Å². The molecule has 0 saturated carbocycles. The Labute approximate surface area is 184 Å². The predicted molar refractivity (Wildman–Crippen MR) is 121 cm³/mol. The van der Waals surface area contributed by atoms with Crippen LogP contribution in [0.15, 0.2) is 52.3 Å². The van der Waals surface area contributed by atoms with E-state index in [9.17, 15) is 21.6 Å². The zero-order valence-electron chi connectivity index (χ0n) is 18.3. The first-order valence-corrected chi connectivity index (χ1v) is 12.9. The van der Waals surface area contributed by atoms with Crippen molar-refractivity contribution < 1.29 is 21.6 Å². The van der Waals surface area contributed by atoms with E-state index in [4.69, 9.17) is 0 Å². The molecule has 0 bridgehead atoms. The maximum absolute atomic E-state index is 12.9. The summed E-state index contributed by atoms with van der Waals surface area (Å²) in [4.78, 5) is 12.8. The molecule has 170 valence electrons. The van der Waals surface area contributed by atoms with Gasteiger partial charge in [-0.05, 0) is 56.7 Å². The first-order chi connectivity index (χ1) is 14.4. The standard InChI is InChI=1S/C21H29N3O5S2/c1-6-24(7-2)31(28,29)20-14-18(12-11-16(20)5)22-21(25)17-9-8-10-19(13-17)30(26,27)23-15(3)4/h8-15,23H,6-7H2,1-5H3,(H,22,25). The van der Waals surface area contributed by atoms with Crippen LogP contribution in [0.3, 0.4) is 0 Å². The summed E-state index contributed by atoms with van der Waals surface area (Å²) in [7, 11) is -7.45. The third-order valence-corrected chi connectivity index (χ3v) is 8.41. The Bertz CT molecular complexity index is 1160. The summed E-state index contributed by atoms with van der Waals surface area (Å²) in [5.74, 6) is -0.545. The number of carbonyl (C=O) groups excluding carboxylic acids is 1. The Kier molecular flexibility index (Phi) is 7.98. The Hall–Kier alpha value is -2.27. The molecule has 0 atom stereocenters. The fraction of sp³-hybridized carbons (Fsp3) is 0.381. The molecule has 0 saturated heterocycles. The van der Waals surface area contributed by atoms with Crippen molar-refractivity contribution in [3.05, 3.63) is 53.6 Å². The first kappa shape index (κ1) is 25.0. The molecule has 0 aromatic heterocycles. The molecule has 0 fully saturated rings. The Morgan fingerprint density at radius 1 is 1.00 bits per heavy atom. The van der Waals surface area contributed by atoms with Gasteiger partial charge in [0.25, 0.3) is 5.91 Å². The van der Waals surface area contributed by atoms with Gasteiger partial charge in [0, 0.05) is 30.4 Å². The molecule has 0 radical (unpaired) electrons. The van der Waals surface area contributed by atoms with E-state index in [0.29, 0.717) is 24.3 Å². The maximum Gasteiger partial charge on any atom is 0.255 e. The average molecular weight is 468 g/mol. The second-order valence-electron chi connectivity index (χ2n) is 7.33.